The molecule has 1 aliphatic carbocycles. The topological polar surface area (TPSA) is 89.8 Å². The summed E-state index contributed by atoms with van der Waals surface area (Å²) in [5.74, 6) is 0.656. The standard InChI is InChI=1S/C19H19N5O2/c1-2-16-15-9-13(12-3-4-12)5-6-14(15)19(26)24(23-16)10-18(25)22-17-7-8-20-11-21-17/h5-9,11-12H,2-4,10H2,1H3,(H,20,21,22,25). The van der Waals surface area contributed by atoms with E-state index < -0.39 is 0 Å². The number of aromatic nitrogens is 4. The summed E-state index contributed by atoms with van der Waals surface area (Å²) in [6.45, 7) is 1.84. The van der Waals surface area contributed by atoms with Crippen molar-refractivity contribution in [3.8, 4) is 0 Å². The second-order valence-electron chi connectivity index (χ2n) is 6.49. The highest BCUT2D eigenvalue weighted by Gasteiger charge is 2.24. The molecule has 0 atom stereocenters. The zero-order valence-corrected chi connectivity index (χ0v) is 14.5. The summed E-state index contributed by atoms with van der Waals surface area (Å²) in [4.78, 5) is 32.8. The number of nitrogens with zero attached hydrogens (tertiary/aromatic N) is 4. The molecule has 1 aromatic carbocycles. The van der Waals surface area contributed by atoms with Crippen LogP contribution in [0.15, 0.2) is 41.6 Å². The summed E-state index contributed by atoms with van der Waals surface area (Å²) in [6, 6.07) is 7.56. The summed E-state index contributed by atoms with van der Waals surface area (Å²) < 4.78 is 1.23. The van der Waals surface area contributed by atoms with Gasteiger partial charge in [-0.25, -0.2) is 14.6 Å². The molecule has 132 valence electrons. The van der Waals surface area contributed by atoms with E-state index in [9.17, 15) is 9.59 Å². The molecule has 0 bridgehead atoms. The van der Waals surface area contributed by atoms with Gasteiger partial charge in [-0.2, -0.15) is 5.10 Å². The van der Waals surface area contributed by atoms with Crippen molar-refractivity contribution in [3.63, 3.8) is 0 Å². The smallest absolute Gasteiger partial charge is 0.275 e. The number of hydrogen-bond donors (Lipinski definition) is 1. The Kier molecular flexibility index (Phi) is 4.20. The van der Waals surface area contributed by atoms with Crippen LogP contribution in [0.3, 0.4) is 0 Å². The first-order valence-corrected chi connectivity index (χ1v) is 8.75. The fourth-order valence-electron chi connectivity index (χ4n) is 3.09. The first-order chi connectivity index (χ1) is 12.7. The minimum Gasteiger partial charge on any atom is -0.309 e. The molecule has 2 heterocycles. The third-order valence-corrected chi connectivity index (χ3v) is 4.59. The van der Waals surface area contributed by atoms with Crippen molar-refractivity contribution in [1.82, 2.24) is 19.7 Å². The van der Waals surface area contributed by atoms with E-state index in [-0.39, 0.29) is 18.0 Å². The quantitative estimate of drug-likeness (QED) is 0.763. The maximum atomic E-state index is 12.8. The summed E-state index contributed by atoms with van der Waals surface area (Å²) in [5.41, 5.74) is 1.85. The second-order valence-corrected chi connectivity index (χ2v) is 6.49. The number of benzene rings is 1. The molecule has 0 saturated heterocycles. The minimum absolute atomic E-state index is 0.157. The van der Waals surface area contributed by atoms with Crippen LogP contribution in [-0.2, 0) is 17.8 Å². The highest BCUT2D eigenvalue weighted by molar-refractivity contribution is 5.90. The van der Waals surface area contributed by atoms with E-state index in [1.807, 2.05) is 19.1 Å². The van der Waals surface area contributed by atoms with Crippen LogP contribution in [0.2, 0.25) is 0 Å². The minimum atomic E-state index is -0.352. The average Bonchev–Trinajstić information content (AvgIpc) is 3.49. The molecule has 1 amide bonds. The first-order valence-electron chi connectivity index (χ1n) is 8.75. The van der Waals surface area contributed by atoms with E-state index in [2.05, 4.69) is 26.4 Å². The van der Waals surface area contributed by atoms with Crippen molar-refractivity contribution >= 4 is 22.5 Å². The maximum absolute atomic E-state index is 12.8. The number of aryl methyl sites for hydroxylation is 1. The van der Waals surface area contributed by atoms with Crippen LogP contribution in [0.1, 0.15) is 36.9 Å². The van der Waals surface area contributed by atoms with Gasteiger partial charge in [0.2, 0.25) is 5.91 Å². The van der Waals surface area contributed by atoms with Gasteiger partial charge in [0.25, 0.3) is 5.56 Å². The number of fused-ring (bicyclic) bond motifs is 1. The lowest BCUT2D eigenvalue weighted by Gasteiger charge is -2.11. The van der Waals surface area contributed by atoms with Gasteiger partial charge in [-0.1, -0.05) is 13.0 Å². The second kappa shape index (κ2) is 6.67. The van der Waals surface area contributed by atoms with Crippen molar-refractivity contribution in [1.29, 1.82) is 0 Å². The Morgan fingerprint density at radius 1 is 1.27 bits per heavy atom. The SMILES string of the molecule is CCc1nn(CC(=O)Nc2ccncn2)c(=O)c2ccc(C3CC3)cc12. The predicted octanol–water partition coefficient (Wildman–Crippen LogP) is 2.27. The van der Waals surface area contributed by atoms with E-state index in [1.165, 1.54) is 35.6 Å². The van der Waals surface area contributed by atoms with Crippen molar-refractivity contribution in [2.75, 3.05) is 5.32 Å². The van der Waals surface area contributed by atoms with Gasteiger partial charge in [-0.15, -0.1) is 0 Å². The summed E-state index contributed by atoms with van der Waals surface area (Å²) in [5, 5.41) is 8.58. The summed E-state index contributed by atoms with van der Waals surface area (Å²) >= 11 is 0. The molecule has 1 saturated carbocycles. The summed E-state index contributed by atoms with van der Waals surface area (Å²) in [6.07, 6.45) is 6.00. The van der Waals surface area contributed by atoms with Gasteiger partial charge in [0.1, 0.15) is 18.7 Å². The Morgan fingerprint density at radius 3 is 2.81 bits per heavy atom. The number of carbonyl (C=O) groups excluding carboxylic acids is 1. The van der Waals surface area contributed by atoms with Gasteiger partial charge in [0, 0.05) is 11.6 Å². The summed E-state index contributed by atoms with van der Waals surface area (Å²) in [7, 11) is 0. The molecule has 1 aliphatic rings. The molecule has 0 spiro atoms. The average molecular weight is 349 g/mol. The van der Waals surface area contributed by atoms with Gasteiger partial charge in [0.15, 0.2) is 0 Å². The lowest BCUT2D eigenvalue weighted by atomic mass is 10.0. The van der Waals surface area contributed by atoms with Crippen molar-refractivity contribution in [2.24, 2.45) is 0 Å². The van der Waals surface area contributed by atoms with E-state index >= 15 is 0 Å². The molecule has 7 nitrogen and oxygen atoms in total. The van der Waals surface area contributed by atoms with Crippen LogP contribution in [0.25, 0.3) is 10.8 Å². The highest BCUT2D eigenvalue weighted by atomic mass is 16.2. The molecule has 7 heteroatoms. The van der Waals surface area contributed by atoms with Crippen LogP contribution in [-0.4, -0.2) is 25.7 Å². The third kappa shape index (κ3) is 3.20. The number of nitrogens with one attached hydrogen (secondary N) is 1. The maximum Gasteiger partial charge on any atom is 0.275 e. The lowest BCUT2D eigenvalue weighted by molar-refractivity contribution is -0.117. The van der Waals surface area contributed by atoms with Crippen LogP contribution in [0, 0.1) is 0 Å². The molecule has 3 aromatic rings. The Hall–Kier alpha value is -3.09. The van der Waals surface area contributed by atoms with Crippen LogP contribution in [0.5, 0.6) is 0 Å². The third-order valence-electron chi connectivity index (χ3n) is 4.59. The largest absolute Gasteiger partial charge is 0.309 e. The molecule has 26 heavy (non-hydrogen) atoms. The first kappa shape index (κ1) is 16.4. The molecule has 1 fully saturated rings. The van der Waals surface area contributed by atoms with Gasteiger partial charge in [-0.3, -0.25) is 9.59 Å². The molecular weight excluding hydrogens is 330 g/mol. The number of amides is 1. The Labute approximate surface area is 150 Å². The molecule has 1 N–H and O–H groups in total. The van der Waals surface area contributed by atoms with E-state index in [0.29, 0.717) is 23.5 Å². The zero-order chi connectivity index (χ0) is 18.1. The highest BCUT2D eigenvalue weighted by Crippen LogP contribution is 2.40. The van der Waals surface area contributed by atoms with E-state index in [1.54, 1.807) is 6.07 Å². The molecule has 4 rings (SSSR count). The number of carbonyl (C=O) groups is 1. The predicted molar refractivity (Wildman–Crippen MR) is 98.0 cm³/mol. The van der Waals surface area contributed by atoms with Crippen LogP contribution < -0.4 is 10.9 Å². The number of anilines is 1. The monoisotopic (exact) mass is 349 g/mol. The van der Waals surface area contributed by atoms with Crippen LogP contribution in [0.4, 0.5) is 5.82 Å². The van der Waals surface area contributed by atoms with Crippen molar-refractivity contribution in [2.45, 2.75) is 38.6 Å². The molecule has 0 aliphatic heterocycles. The molecule has 2 aromatic heterocycles. The lowest BCUT2D eigenvalue weighted by Crippen LogP contribution is -2.30. The fourth-order valence-corrected chi connectivity index (χ4v) is 3.09. The molecular formula is C19H19N5O2. The fraction of sp³-hybridized carbons (Fsp3) is 0.316. The number of hydrogen-bond acceptors (Lipinski definition) is 5. The normalized spacial score (nSPS) is 13.7. The number of rotatable bonds is 5. The Balaban J connectivity index is 1.66. The van der Waals surface area contributed by atoms with Crippen LogP contribution >= 0.6 is 0 Å². The Morgan fingerprint density at radius 2 is 2.12 bits per heavy atom. The molecule has 0 radical (unpaired) electrons. The van der Waals surface area contributed by atoms with Crippen molar-refractivity contribution < 1.29 is 4.79 Å². The van der Waals surface area contributed by atoms with Gasteiger partial charge >= 0.3 is 0 Å². The van der Waals surface area contributed by atoms with Gasteiger partial charge < -0.3 is 5.32 Å². The van der Waals surface area contributed by atoms with Gasteiger partial charge in [-0.05, 0) is 48.9 Å². The van der Waals surface area contributed by atoms with E-state index in [0.717, 1.165) is 11.1 Å². The van der Waals surface area contributed by atoms with E-state index in [4.69, 9.17) is 0 Å². The zero-order valence-electron chi connectivity index (χ0n) is 14.5. The van der Waals surface area contributed by atoms with Gasteiger partial charge in [0.05, 0.1) is 11.1 Å². The Bertz CT molecular complexity index is 1030. The molecule has 0 unspecified atom stereocenters. The van der Waals surface area contributed by atoms with Crippen molar-refractivity contribution in [3.05, 3.63) is 58.4 Å².